The van der Waals surface area contributed by atoms with E-state index in [-0.39, 0.29) is 11.1 Å². The van der Waals surface area contributed by atoms with E-state index in [4.69, 9.17) is 0 Å². The fourth-order valence-corrected chi connectivity index (χ4v) is 1.20. The highest BCUT2D eigenvalue weighted by Gasteiger charge is 2.11. The van der Waals surface area contributed by atoms with E-state index < -0.39 is 29.9 Å². The van der Waals surface area contributed by atoms with Gasteiger partial charge < -0.3 is 9.47 Å². The molecule has 0 heterocycles. The molecule has 6 heteroatoms. The molecule has 0 spiro atoms. The molecule has 0 saturated carbocycles. The van der Waals surface area contributed by atoms with Crippen LogP contribution in [0.25, 0.3) is 0 Å². The highest BCUT2D eigenvalue weighted by Crippen LogP contribution is 2.01. The third kappa shape index (κ3) is 6.30. The van der Waals surface area contributed by atoms with Gasteiger partial charge in [0, 0.05) is 11.1 Å². The maximum atomic E-state index is 11.5. The van der Waals surface area contributed by atoms with Crippen LogP contribution in [0.1, 0.15) is 20.3 Å². The smallest absolute Gasteiger partial charge is 0.333 e. The lowest BCUT2D eigenvalue weighted by Gasteiger charge is -1.99. The summed E-state index contributed by atoms with van der Waals surface area (Å²) in [6.45, 7) is 2.81. The van der Waals surface area contributed by atoms with Crippen LogP contribution in [-0.2, 0) is 28.7 Å². The first-order valence-corrected chi connectivity index (χ1v) is 5.40. The second kappa shape index (κ2) is 7.97. The van der Waals surface area contributed by atoms with Gasteiger partial charge in [-0.15, -0.1) is 0 Å². The highest BCUT2D eigenvalue weighted by atomic mass is 16.5. The Hall–Kier alpha value is -2.24. The number of hydrogen-bond donors (Lipinski definition) is 0. The van der Waals surface area contributed by atoms with E-state index in [1.54, 1.807) is 0 Å². The van der Waals surface area contributed by atoms with Crippen molar-refractivity contribution in [1.82, 2.24) is 0 Å². The largest absolute Gasteiger partial charge is 0.466 e. The lowest BCUT2D eigenvalue weighted by Crippen LogP contribution is -2.09. The zero-order chi connectivity index (χ0) is 15.0. The second-order valence-corrected chi connectivity index (χ2v) is 3.75. The van der Waals surface area contributed by atoms with Crippen molar-refractivity contribution in [3.63, 3.8) is 0 Å². The molecule has 104 valence electrons. The number of ketones is 2. The van der Waals surface area contributed by atoms with Crippen molar-refractivity contribution in [3.05, 3.63) is 23.3 Å². The number of allylic oxidation sites excluding steroid dienone is 2. The molecule has 0 atom stereocenters. The maximum Gasteiger partial charge on any atom is 0.333 e. The van der Waals surface area contributed by atoms with Crippen molar-refractivity contribution < 1.29 is 28.7 Å². The minimum absolute atomic E-state index is 0.106. The summed E-state index contributed by atoms with van der Waals surface area (Å²) in [5.41, 5.74) is 0.211. The molecule has 19 heavy (non-hydrogen) atoms. The zero-order valence-corrected chi connectivity index (χ0v) is 11.3. The lowest BCUT2D eigenvalue weighted by atomic mass is 10.1. The van der Waals surface area contributed by atoms with Gasteiger partial charge in [-0.2, -0.15) is 0 Å². The topological polar surface area (TPSA) is 86.7 Å². The molecule has 6 nitrogen and oxygen atoms in total. The molecule has 0 rings (SSSR count). The predicted octanol–water partition coefficient (Wildman–Crippen LogP) is 0.753. The maximum absolute atomic E-state index is 11.5. The summed E-state index contributed by atoms with van der Waals surface area (Å²) < 4.78 is 8.82. The average Bonchev–Trinajstić information content (AvgIpc) is 2.35. The van der Waals surface area contributed by atoms with E-state index in [2.05, 4.69) is 9.47 Å². The molecule has 0 bridgehead atoms. The fraction of sp³-hybridized carbons (Fsp3) is 0.385. The molecular formula is C13H16O6. The van der Waals surface area contributed by atoms with Crippen LogP contribution in [0, 0.1) is 0 Å². The van der Waals surface area contributed by atoms with Gasteiger partial charge in [-0.05, 0) is 26.0 Å². The molecule has 0 aliphatic heterocycles. The Labute approximate surface area is 111 Å². The number of hydrogen-bond acceptors (Lipinski definition) is 6. The van der Waals surface area contributed by atoms with Crippen LogP contribution >= 0.6 is 0 Å². The van der Waals surface area contributed by atoms with E-state index in [0.29, 0.717) is 0 Å². The van der Waals surface area contributed by atoms with E-state index in [0.717, 1.165) is 12.2 Å². The quantitative estimate of drug-likeness (QED) is 0.401. The zero-order valence-electron chi connectivity index (χ0n) is 11.3. The number of carbonyl (C=O) groups is 4. The van der Waals surface area contributed by atoms with Crippen LogP contribution < -0.4 is 0 Å². The van der Waals surface area contributed by atoms with Gasteiger partial charge in [0.05, 0.1) is 20.6 Å². The van der Waals surface area contributed by atoms with Gasteiger partial charge in [-0.1, -0.05) is 0 Å². The summed E-state index contributed by atoms with van der Waals surface area (Å²) in [4.78, 5) is 45.0. The molecule has 0 unspecified atom stereocenters. The third-order valence-corrected chi connectivity index (χ3v) is 2.12. The normalized spacial score (nSPS) is 11.8. The molecule has 0 aromatic rings. The Balaban J connectivity index is 4.63. The van der Waals surface area contributed by atoms with Gasteiger partial charge in [0.25, 0.3) is 0 Å². The minimum atomic E-state index is -0.637. The number of ether oxygens (including phenoxy) is 2. The van der Waals surface area contributed by atoms with Crippen molar-refractivity contribution in [2.24, 2.45) is 0 Å². The van der Waals surface area contributed by atoms with Crippen LogP contribution in [0.15, 0.2) is 23.3 Å². The fourth-order valence-electron chi connectivity index (χ4n) is 1.20. The Morgan fingerprint density at radius 2 is 1.11 bits per heavy atom. The SMILES string of the molecule is COC(=O)/C(C)=C\C(=O)CC(=O)/C=C(\C)C(=O)OC. The predicted molar refractivity (Wildman–Crippen MR) is 66.2 cm³/mol. The molecule has 0 aliphatic carbocycles. The van der Waals surface area contributed by atoms with Crippen LogP contribution in [0.3, 0.4) is 0 Å². The number of esters is 2. The highest BCUT2D eigenvalue weighted by molar-refractivity contribution is 6.12. The molecule has 0 fully saturated rings. The molecule has 0 N–H and O–H groups in total. The van der Waals surface area contributed by atoms with Crippen molar-refractivity contribution in [2.45, 2.75) is 20.3 Å². The molecule has 0 aromatic carbocycles. The second-order valence-electron chi connectivity index (χ2n) is 3.75. The molecule has 0 aliphatic rings. The first-order chi connectivity index (χ1) is 8.81. The van der Waals surface area contributed by atoms with E-state index in [1.807, 2.05) is 0 Å². The van der Waals surface area contributed by atoms with Gasteiger partial charge >= 0.3 is 11.9 Å². The standard InChI is InChI=1S/C13H16O6/c1-8(12(16)18-3)5-10(14)7-11(15)6-9(2)13(17)19-4/h5-6H,7H2,1-4H3/b8-5-,9-6+. The Morgan fingerprint density at radius 3 is 1.37 bits per heavy atom. The van der Waals surface area contributed by atoms with Crippen molar-refractivity contribution >= 4 is 23.5 Å². The minimum Gasteiger partial charge on any atom is -0.466 e. The number of carbonyl (C=O) groups excluding carboxylic acids is 4. The first kappa shape index (κ1) is 16.8. The van der Waals surface area contributed by atoms with Crippen LogP contribution in [0.4, 0.5) is 0 Å². The summed E-state index contributed by atoms with van der Waals surface area (Å²) in [5, 5.41) is 0. The van der Waals surface area contributed by atoms with E-state index in [1.165, 1.54) is 28.1 Å². The van der Waals surface area contributed by atoms with E-state index >= 15 is 0 Å². The summed E-state index contributed by atoms with van der Waals surface area (Å²) >= 11 is 0. The molecule has 0 amide bonds. The van der Waals surface area contributed by atoms with Crippen molar-refractivity contribution in [1.29, 1.82) is 0 Å². The van der Waals surface area contributed by atoms with Crippen molar-refractivity contribution in [2.75, 3.05) is 14.2 Å². The lowest BCUT2D eigenvalue weighted by molar-refractivity contribution is -0.136. The molecule has 0 radical (unpaired) electrons. The van der Waals surface area contributed by atoms with Gasteiger partial charge in [0.2, 0.25) is 0 Å². The van der Waals surface area contributed by atoms with E-state index in [9.17, 15) is 19.2 Å². The number of methoxy groups -OCH3 is 2. The Bertz CT molecular complexity index is 414. The third-order valence-electron chi connectivity index (χ3n) is 2.12. The summed E-state index contributed by atoms with van der Waals surface area (Å²) in [7, 11) is 2.38. The summed E-state index contributed by atoms with van der Waals surface area (Å²) in [6, 6.07) is 0. The average molecular weight is 268 g/mol. The van der Waals surface area contributed by atoms with Gasteiger partial charge in [0.1, 0.15) is 0 Å². The van der Waals surface area contributed by atoms with Gasteiger partial charge in [-0.25, -0.2) is 9.59 Å². The molecule has 0 aromatic heterocycles. The first-order valence-electron chi connectivity index (χ1n) is 5.40. The van der Waals surface area contributed by atoms with Crippen LogP contribution in [0.2, 0.25) is 0 Å². The molecule has 0 saturated heterocycles. The molecular weight excluding hydrogens is 252 g/mol. The van der Waals surface area contributed by atoms with Crippen LogP contribution in [0.5, 0.6) is 0 Å². The Morgan fingerprint density at radius 1 is 0.789 bits per heavy atom. The monoisotopic (exact) mass is 268 g/mol. The summed E-state index contributed by atoms with van der Waals surface area (Å²) in [5.74, 6) is -2.35. The summed E-state index contributed by atoms with van der Waals surface area (Å²) in [6.07, 6.45) is 1.64. The number of rotatable bonds is 6. The van der Waals surface area contributed by atoms with Gasteiger partial charge in [0.15, 0.2) is 11.6 Å². The van der Waals surface area contributed by atoms with Gasteiger partial charge in [-0.3, -0.25) is 9.59 Å². The van der Waals surface area contributed by atoms with Crippen LogP contribution in [-0.4, -0.2) is 37.7 Å². The Kier molecular flexibility index (Phi) is 7.03. The van der Waals surface area contributed by atoms with Crippen molar-refractivity contribution in [3.8, 4) is 0 Å².